The lowest BCUT2D eigenvalue weighted by Gasteiger charge is -2.35. The number of piperidine rings is 1. The maximum atomic E-state index is 13.3. The lowest BCUT2D eigenvalue weighted by molar-refractivity contribution is -0.121. The molecule has 170 valence electrons. The molecule has 6 heteroatoms. The highest BCUT2D eigenvalue weighted by atomic mass is 16.3. The predicted octanol–water partition coefficient (Wildman–Crippen LogP) is 4.72. The van der Waals surface area contributed by atoms with Gasteiger partial charge in [0.25, 0.3) is 5.91 Å². The third-order valence-electron chi connectivity index (χ3n) is 6.83. The van der Waals surface area contributed by atoms with E-state index in [0.29, 0.717) is 13.0 Å². The Kier molecular flexibility index (Phi) is 5.90. The molecule has 5 rings (SSSR count). The van der Waals surface area contributed by atoms with Crippen molar-refractivity contribution in [1.29, 1.82) is 0 Å². The highest BCUT2D eigenvalue weighted by Gasteiger charge is 2.36. The Morgan fingerprint density at radius 3 is 2.36 bits per heavy atom. The summed E-state index contributed by atoms with van der Waals surface area (Å²) < 4.78 is 5.33. The molecule has 0 radical (unpaired) electrons. The number of amides is 2. The molecule has 2 aliphatic heterocycles. The minimum absolute atomic E-state index is 0.191. The topological polar surface area (TPSA) is 65.8 Å². The van der Waals surface area contributed by atoms with Gasteiger partial charge >= 0.3 is 0 Å². The van der Waals surface area contributed by atoms with Gasteiger partial charge in [-0.05, 0) is 66.3 Å². The average Bonchev–Trinajstić information content (AvgIpc) is 3.39. The van der Waals surface area contributed by atoms with Crippen molar-refractivity contribution in [3.63, 3.8) is 0 Å². The second-order valence-electron chi connectivity index (χ2n) is 9.10. The minimum Gasteiger partial charge on any atom is -0.459 e. The number of anilines is 2. The second-order valence-corrected chi connectivity index (χ2v) is 9.10. The van der Waals surface area contributed by atoms with Crippen molar-refractivity contribution >= 4 is 23.2 Å². The van der Waals surface area contributed by atoms with Crippen LogP contribution < -0.4 is 10.2 Å². The molecule has 1 saturated heterocycles. The standard InChI is InChI=1S/C27H29N3O3/c1-19-12-14-29(15-13-19)23-10-8-22(9-11-23)28-26(31)24-17-20-5-2-3-6-21(20)18-30(24)27(32)25-7-4-16-33-25/h2-11,16,19,24H,12-15,17-18H2,1H3,(H,28,31). The van der Waals surface area contributed by atoms with Gasteiger partial charge < -0.3 is 19.5 Å². The van der Waals surface area contributed by atoms with E-state index in [1.54, 1.807) is 17.0 Å². The van der Waals surface area contributed by atoms with E-state index in [4.69, 9.17) is 4.42 Å². The molecule has 3 heterocycles. The van der Waals surface area contributed by atoms with Gasteiger partial charge in [-0.25, -0.2) is 0 Å². The molecule has 33 heavy (non-hydrogen) atoms. The number of furan rings is 1. The van der Waals surface area contributed by atoms with Crippen LogP contribution in [-0.2, 0) is 17.8 Å². The number of fused-ring (bicyclic) bond motifs is 1. The van der Waals surface area contributed by atoms with Crippen molar-refractivity contribution in [2.75, 3.05) is 23.3 Å². The normalized spacial score (nSPS) is 18.6. The molecule has 6 nitrogen and oxygen atoms in total. The highest BCUT2D eigenvalue weighted by molar-refractivity contribution is 6.00. The summed E-state index contributed by atoms with van der Waals surface area (Å²) in [5, 5.41) is 3.03. The summed E-state index contributed by atoms with van der Waals surface area (Å²) in [6.45, 7) is 4.82. The monoisotopic (exact) mass is 443 g/mol. The van der Waals surface area contributed by atoms with Gasteiger partial charge in [0.2, 0.25) is 5.91 Å². The molecule has 0 bridgehead atoms. The van der Waals surface area contributed by atoms with Gasteiger partial charge in [-0.15, -0.1) is 0 Å². The summed E-state index contributed by atoms with van der Waals surface area (Å²) in [6, 6.07) is 18.7. The number of benzene rings is 2. The fraction of sp³-hybridized carbons (Fsp3) is 0.333. The second kappa shape index (κ2) is 9.14. The Balaban J connectivity index is 1.33. The number of hydrogen-bond acceptors (Lipinski definition) is 4. The quantitative estimate of drug-likeness (QED) is 0.634. The van der Waals surface area contributed by atoms with E-state index >= 15 is 0 Å². The Labute approximate surface area is 194 Å². The first-order valence-corrected chi connectivity index (χ1v) is 11.7. The van der Waals surface area contributed by atoms with Crippen molar-refractivity contribution in [2.24, 2.45) is 5.92 Å². The number of carbonyl (C=O) groups excluding carboxylic acids is 2. The van der Waals surface area contributed by atoms with Gasteiger partial charge in [-0.2, -0.15) is 0 Å². The van der Waals surface area contributed by atoms with Gasteiger partial charge in [0, 0.05) is 37.4 Å². The Bertz CT molecular complexity index is 1120. The van der Waals surface area contributed by atoms with Crippen LogP contribution in [-0.4, -0.2) is 35.8 Å². The molecule has 1 N–H and O–H groups in total. The van der Waals surface area contributed by atoms with Crippen LogP contribution in [0.3, 0.4) is 0 Å². The zero-order valence-electron chi connectivity index (χ0n) is 18.9. The first kappa shape index (κ1) is 21.3. The minimum atomic E-state index is -0.610. The molecule has 2 aromatic carbocycles. The van der Waals surface area contributed by atoms with Crippen molar-refractivity contribution in [1.82, 2.24) is 4.90 Å². The van der Waals surface area contributed by atoms with Crippen LogP contribution in [0, 0.1) is 5.92 Å². The molecule has 3 aromatic rings. The van der Waals surface area contributed by atoms with Crippen LogP contribution in [0.1, 0.15) is 41.4 Å². The molecule has 0 saturated carbocycles. The van der Waals surface area contributed by atoms with E-state index in [2.05, 4.69) is 29.3 Å². The van der Waals surface area contributed by atoms with Gasteiger partial charge in [0.15, 0.2) is 5.76 Å². The first-order chi connectivity index (χ1) is 16.1. The summed E-state index contributed by atoms with van der Waals surface area (Å²) in [6.07, 6.45) is 4.37. The number of nitrogens with zero attached hydrogens (tertiary/aromatic N) is 2. The molecule has 0 aliphatic carbocycles. The summed E-state index contributed by atoms with van der Waals surface area (Å²) in [4.78, 5) is 30.5. The summed E-state index contributed by atoms with van der Waals surface area (Å²) in [5.74, 6) is 0.563. The van der Waals surface area contributed by atoms with Gasteiger partial charge in [0.1, 0.15) is 6.04 Å². The fourth-order valence-corrected chi connectivity index (χ4v) is 4.76. The van der Waals surface area contributed by atoms with Crippen LogP contribution >= 0.6 is 0 Å². The van der Waals surface area contributed by atoms with Gasteiger partial charge in [0.05, 0.1) is 6.26 Å². The van der Waals surface area contributed by atoms with E-state index in [9.17, 15) is 9.59 Å². The Morgan fingerprint density at radius 1 is 0.939 bits per heavy atom. The summed E-state index contributed by atoms with van der Waals surface area (Å²) in [7, 11) is 0. The van der Waals surface area contributed by atoms with Crippen LogP contribution in [0.2, 0.25) is 0 Å². The highest BCUT2D eigenvalue weighted by Crippen LogP contribution is 2.27. The summed E-state index contributed by atoms with van der Waals surface area (Å²) in [5.41, 5.74) is 4.07. The Morgan fingerprint density at radius 2 is 1.67 bits per heavy atom. The molecule has 1 aromatic heterocycles. The van der Waals surface area contributed by atoms with E-state index < -0.39 is 6.04 Å². The molecular formula is C27H29N3O3. The molecule has 1 unspecified atom stereocenters. The number of nitrogens with one attached hydrogen (secondary N) is 1. The molecule has 2 amide bonds. The fourth-order valence-electron chi connectivity index (χ4n) is 4.76. The van der Waals surface area contributed by atoms with Crippen LogP contribution in [0.4, 0.5) is 11.4 Å². The Hall–Kier alpha value is -3.54. The zero-order chi connectivity index (χ0) is 22.8. The van der Waals surface area contributed by atoms with Crippen LogP contribution in [0.15, 0.2) is 71.3 Å². The predicted molar refractivity (Wildman–Crippen MR) is 128 cm³/mol. The third kappa shape index (κ3) is 4.51. The molecular weight excluding hydrogens is 414 g/mol. The molecule has 0 spiro atoms. The lowest BCUT2D eigenvalue weighted by Crippen LogP contribution is -2.50. The smallest absolute Gasteiger partial charge is 0.290 e. The van der Waals surface area contributed by atoms with Crippen molar-refractivity contribution in [3.05, 3.63) is 83.8 Å². The maximum absolute atomic E-state index is 13.3. The number of rotatable bonds is 4. The van der Waals surface area contributed by atoms with Gasteiger partial charge in [-0.3, -0.25) is 9.59 Å². The van der Waals surface area contributed by atoms with Crippen LogP contribution in [0.25, 0.3) is 0 Å². The third-order valence-corrected chi connectivity index (χ3v) is 6.83. The van der Waals surface area contributed by atoms with Crippen molar-refractivity contribution in [2.45, 2.75) is 38.8 Å². The van der Waals surface area contributed by atoms with E-state index in [1.165, 1.54) is 24.8 Å². The SMILES string of the molecule is CC1CCN(c2ccc(NC(=O)C3Cc4ccccc4CN3C(=O)c3ccco3)cc2)CC1. The lowest BCUT2D eigenvalue weighted by atomic mass is 9.93. The van der Waals surface area contributed by atoms with E-state index in [1.807, 2.05) is 36.4 Å². The molecule has 2 aliphatic rings. The van der Waals surface area contributed by atoms with E-state index in [0.717, 1.165) is 35.8 Å². The van der Waals surface area contributed by atoms with Crippen molar-refractivity contribution < 1.29 is 14.0 Å². The van der Waals surface area contributed by atoms with Gasteiger partial charge in [-0.1, -0.05) is 31.2 Å². The number of hydrogen-bond donors (Lipinski definition) is 1. The maximum Gasteiger partial charge on any atom is 0.290 e. The molecule has 1 fully saturated rings. The zero-order valence-corrected chi connectivity index (χ0v) is 18.9. The van der Waals surface area contributed by atoms with Crippen molar-refractivity contribution in [3.8, 4) is 0 Å². The first-order valence-electron chi connectivity index (χ1n) is 11.7. The molecule has 1 atom stereocenters. The average molecular weight is 444 g/mol. The van der Waals surface area contributed by atoms with E-state index in [-0.39, 0.29) is 17.6 Å². The van der Waals surface area contributed by atoms with Crippen LogP contribution in [0.5, 0.6) is 0 Å². The summed E-state index contributed by atoms with van der Waals surface area (Å²) >= 11 is 0. The number of carbonyl (C=O) groups is 2. The largest absolute Gasteiger partial charge is 0.459 e.